The Bertz CT molecular complexity index is 853. The fraction of sp³-hybridized carbons (Fsp3) is 0.550. The maximum atomic E-state index is 13.0. The molecule has 6 nitrogen and oxygen atoms in total. The van der Waals surface area contributed by atoms with Gasteiger partial charge >= 0.3 is 0 Å². The van der Waals surface area contributed by atoms with Gasteiger partial charge in [0.25, 0.3) is 11.8 Å². The smallest absolute Gasteiger partial charge is 0.292 e. The van der Waals surface area contributed by atoms with Crippen molar-refractivity contribution >= 4 is 23.2 Å². The normalized spacial score (nSPS) is 19.9. The van der Waals surface area contributed by atoms with Gasteiger partial charge < -0.3 is 14.6 Å². The number of hydrogen-bond donors (Lipinski definition) is 1. The van der Waals surface area contributed by atoms with Gasteiger partial charge in [-0.25, -0.2) is 4.98 Å². The molecular formula is C20H25N3O3S. The van der Waals surface area contributed by atoms with E-state index in [4.69, 9.17) is 4.42 Å². The number of carbonyl (C=O) groups excluding carboxylic acids is 2. The molecule has 1 saturated heterocycles. The molecule has 0 unspecified atom stereocenters. The highest BCUT2D eigenvalue weighted by Crippen LogP contribution is 2.37. The molecule has 2 aromatic heterocycles. The maximum Gasteiger partial charge on any atom is 0.292 e. The summed E-state index contributed by atoms with van der Waals surface area (Å²) < 4.78 is 5.66. The van der Waals surface area contributed by atoms with Crippen LogP contribution in [0, 0.1) is 6.92 Å². The zero-order valence-corrected chi connectivity index (χ0v) is 16.6. The Morgan fingerprint density at radius 3 is 2.78 bits per heavy atom. The third kappa shape index (κ3) is 3.52. The van der Waals surface area contributed by atoms with Crippen LogP contribution in [0.25, 0.3) is 0 Å². The molecule has 3 heterocycles. The lowest BCUT2D eigenvalue weighted by molar-refractivity contribution is 0.0702. The minimum Gasteiger partial charge on any atom is -0.435 e. The Morgan fingerprint density at radius 2 is 2.11 bits per heavy atom. The average molecular weight is 388 g/mol. The van der Waals surface area contributed by atoms with Crippen LogP contribution in [0.15, 0.2) is 16.5 Å². The van der Waals surface area contributed by atoms with Crippen LogP contribution in [-0.2, 0) is 6.42 Å². The van der Waals surface area contributed by atoms with Crippen molar-refractivity contribution in [2.45, 2.75) is 64.5 Å². The summed E-state index contributed by atoms with van der Waals surface area (Å²) in [4.78, 5) is 33.4. The Hall–Kier alpha value is -2.15. The second-order valence-corrected chi connectivity index (χ2v) is 8.45. The Morgan fingerprint density at radius 1 is 1.30 bits per heavy atom. The molecule has 1 aliphatic carbocycles. The fourth-order valence-corrected chi connectivity index (χ4v) is 4.76. The molecule has 1 atom stereocenters. The lowest BCUT2D eigenvalue weighted by Crippen LogP contribution is -2.39. The molecule has 0 aromatic carbocycles. The van der Waals surface area contributed by atoms with Crippen LogP contribution in [0.1, 0.15) is 81.8 Å². The first-order valence-corrected chi connectivity index (χ1v) is 10.6. The first kappa shape index (κ1) is 18.2. The predicted octanol–water partition coefficient (Wildman–Crippen LogP) is 3.87. The molecule has 2 aliphatic rings. The maximum absolute atomic E-state index is 13.0. The van der Waals surface area contributed by atoms with Crippen LogP contribution >= 0.6 is 11.3 Å². The average Bonchev–Trinajstić information content (AvgIpc) is 3.35. The number of carbonyl (C=O) groups is 2. The first-order chi connectivity index (χ1) is 13.1. The SMILES string of the molecule is CCc1nc(C)c(C(=O)N2CCC[C@@H]2c2ccc(C(=O)NC3CCC3)s2)o1. The van der Waals surface area contributed by atoms with Crippen LogP contribution in [0.5, 0.6) is 0 Å². The highest BCUT2D eigenvalue weighted by Gasteiger charge is 2.34. The van der Waals surface area contributed by atoms with Crippen LogP contribution in [0.3, 0.4) is 0 Å². The molecule has 1 saturated carbocycles. The van der Waals surface area contributed by atoms with Crippen molar-refractivity contribution in [3.8, 4) is 0 Å². The van der Waals surface area contributed by atoms with Gasteiger partial charge in [0.05, 0.1) is 16.6 Å². The van der Waals surface area contributed by atoms with E-state index < -0.39 is 0 Å². The van der Waals surface area contributed by atoms with Crippen molar-refractivity contribution in [2.75, 3.05) is 6.54 Å². The predicted molar refractivity (Wildman–Crippen MR) is 103 cm³/mol. The van der Waals surface area contributed by atoms with Gasteiger partial charge in [0.1, 0.15) is 0 Å². The lowest BCUT2D eigenvalue weighted by Gasteiger charge is -2.26. The number of likely N-dealkylation sites (tertiary alicyclic amines) is 1. The summed E-state index contributed by atoms with van der Waals surface area (Å²) >= 11 is 1.49. The number of nitrogens with one attached hydrogen (secondary N) is 1. The van der Waals surface area contributed by atoms with Crippen LogP contribution in [0.4, 0.5) is 0 Å². The number of aryl methyl sites for hydroxylation is 2. The van der Waals surface area contributed by atoms with Gasteiger partial charge in [0, 0.05) is 23.9 Å². The van der Waals surface area contributed by atoms with Crippen molar-refractivity contribution in [3.63, 3.8) is 0 Å². The van der Waals surface area contributed by atoms with E-state index in [-0.39, 0.29) is 17.9 Å². The van der Waals surface area contributed by atoms with E-state index in [1.807, 2.05) is 30.9 Å². The number of amides is 2. The molecule has 1 aliphatic heterocycles. The van der Waals surface area contributed by atoms with Gasteiger partial charge in [-0.2, -0.15) is 0 Å². The Balaban J connectivity index is 1.50. The van der Waals surface area contributed by atoms with Gasteiger partial charge in [-0.3, -0.25) is 9.59 Å². The third-order valence-corrected chi connectivity index (χ3v) is 6.66. The Kier molecular flexibility index (Phi) is 5.04. The number of aromatic nitrogens is 1. The summed E-state index contributed by atoms with van der Waals surface area (Å²) in [5.74, 6) is 0.845. The van der Waals surface area contributed by atoms with Crippen LogP contribution < -0.4 is 5.32 Å². The molecule has 7 heteroatoms. The monoisotopic (exact) mass is 387 g/mol. The number of thiophene rings is 1. The molecule has 0 spiro atoms. The largest absolute Gasteiger partial charge is 0.435 e. The highest BCUT2D eigenvalue weighted by molar-refractivity contribution is 7.14. The second kappa shape index (κ2) is 7.46. The van der Waals surface area contributed by atoms with Crippen LogP contribution in [0.2, 0.25) is 0 Å². The zero-order valence-electron chi connectivity index (χ0n) is 15.8. The van der Waals surface area contributed by atoms with E-state index in [0.29, 0.717) is 36.4 Å². The molecule has 27 heavy (non-hydrogen) atoms. The quantitative estimate of drug-likeness (QED) is 0.845. The van der Waals surface area contributed by atoms with E-state index in [0.717, 1.165) is 35.4 Å². The molecule has 2 aromatic rings. The van der Waals surface area contributed by atoms with Gasteiger partial charge in [-0.05, 0) is 51.2 Å². The topological polar surface area (TPSA) is 75.4 Å². The molecule has 0 radical (unpaired) electrons. The summed E-state index contributed by atoms with van der Waals surface area (Å²) in [6.07, 6.45) is 5.87. The fourth-order valence-electron chi connectivity index (χ4n) is 3.70. The minimum absolute atomic E-state index is 0.00216. The van der Waals surface area contributed by atoms with E-state index in [2.05, 4.69) is 10.3 Å². The summed E-state index contributed by atoms with van der Waals surface area (Å²) in [6, 6.07) is 4.20. The first-order valence-electron chi connectivity index (χ1n) is 9.74. The van der Waals surface area contributed by atoms with Crippen molar-refractivity contribution in [3.05, 3.63) is 39.2 Å². The molecule has 2 fully saturated rings. The van der Waals surface area contributed by atoms with E-state index in [1.165, 1.54) is 17.8 Å². The van der Waals surface area contributed by atoms with Gasteiger partial charge in [-0.15, -0.1) is 11.3 Å². The van der Waals surface area contributed by atoms with Crippen molar-refractivity contribution in [2.24, 2.45) is 0 Å². The summed E-state index contributed by atoms with van der Waals surface area (Å²) in [7, 11) is 0. The number of nitrogens with zero attached hydrogens (tertiary/aromatic N) is 2. The van der Waals surface area contributed by atoms with E-state index >= 15 is 0 Å². The molecule has 144 valence electrons. The molecule has 4 rings (SSSR count). The molecule has 2 amide bonds. The molecule has 0 bridgehead atoms. The summed E-state index contributed by atoms with van der Waals surface area (Å²) in [5.41, 5.74) is 0.647. The summed E-state index contributed by atoms with van der Waals surface area (Å²) in [6.45, 7) is 4.47. The zero-order chi connectivity index (χ0) is 19.0. The van der Waals surface area contributed by atoms with E-state index in [9.17, 15) is 9.59 Å². The lowest BCUT2D eigenvalue weighted by atomic mass is 9.93. The van der Waals surface area contributed by atoms with Crippen molar-refractivity contribution in [1.82, 2.24) is 15.2 Å². The van der Waals surface area contributed by atoms with Gasteiger partial charge in [0.15, 0.2) is 5.89 Å². The molecular weight excluding hydrogens is 362 g/mol. The minimum atomic E-state index is -0.101. The molecule has 1 N–H and O–H groups in total. The van der Waals surface area contributed by atoms with E-state index in [1.54, 1.807) is 0 Å². The van der Waals surface area contributed by atoms with Gasteiger partial charge in [-0.1, -0.05) is 6.92 Å². The highest BCUT2D eigenvalue weighted by atomic mass is 32.1. The third-order valence-electron chi connectivity index (χ3n) is 5.47. The van der Waals surface area contributed by atoms with Gasteiger partial charge in [0.2, 0.25) is 5.76 Å². The number of hydrogen-bond acceptors (Lipinski definition) is 5. The number of oxazole rings is 1. The number of rotatable bonds is 5. The van der Waals surface area contributed by atoms with Crippen molar-refractivity contribution < 1.29 is 14.0 Å². The second-order valence-electron chi connectivity index (χ2n) is 7.34. The standard InChI is InChI=1S/C20H25N3O3S/c1-3-17-21-12(2)18(26-17)20(25)23-11-5-8-14(23)15-9-10-16(27-15)19(24)22-13-6-4-7-13/h9-10,13-14H,3-8,11H2,1-2H3,(H,22,24)/t14-/m1/s1. The van der Waals surface area contributed by atoms with Crippen molar-refractivity contribution in [1.29, 1.82) is 0 Å². The summed E-state index contributed by atoms with van der Waals surface area (Å²) in [5, 5.41) is 3.08. The van der Waals surface area contributed by atoms with Crippen LogP contribution in [-0.4, -0.2) is 34.3 Å². The Labute approximate surface area is 163 Å².